The van der Waals surface area contributed by atoms with Crippen LogP contribution >= 0.6 is 11.3 Å². The summed E-state index contributed by atoms with van der Waals surface area (Å²) < 4.78 is 5.70. The maximum Gasteiger partial charge on any atom is 0.248 e. The number of aryl methyl sites for hydroxylation is 2. The van der Waals surface area contributed by atoms with Gasteiger partial charge in [-0.25, -0.2) is 9.97 Å². The Kier molecular flexibility index (Phi) is 7.63. The lowest BCUT2D eigenvalue weighted by atomic mass is 10.1. The largest absolute Gasteiger partial charge is 0.367 e. The molecule has 0 spiro atoms. The van der Waals surface area contributed by atoms with E-state index >= 15 is 0 Å². The van der Waals surface area contributed by atoms with Crippen molar-refractivity contribution in [2.24, 2.45) is 0 Å². The molecule has 1 aliphatic carbocycles. The third kappa shape index (κ3) is 5.36. The first kappa shape index (κ1) is 24.2. The molecule has 7 heteroatoms. The van der Waals surface area contributed by atoms with E-state index in [-0.39, 0.29) is 12.5 Å². The summed E-state index contributed by atoms with van der Waals surface area (Å²) in [7, 11) is 0. The molecule has 0 radical (unpaired) electrons. The summed E-state index contributed by atoms with van der Waals surface area (Å²) in [5.41, 5.74) is 2.57. The molecule has 6 nitrogen and oxygen atoms in total. The standard InChI is InChI=1S/C28H36N4O2S/c1-3-20(2)26-29-27(25-22-12-8-5-9-13-23(22)35-28(25)30-26)32-16-14-31(15-17-32)24(33)19-34-18-21-10-6-4-7-11-21/h4,6-7,10-11,20H,3,5,8-9,12-19H2,1-2H3/t20-/m0/s1. The topological polar surface area (TPSA) is 58.6 Å². The molecule has 2 aromatic heterocycles. The van der Waals surface area contributed by atoms with E-state index in [0.717, 1.165) is 48.0 Å². The summed E-state index contributed by atoms with van der Waals surface area (Å²) in [5.74, 6) is 2.46. The van der Waals surface area contributed by atoms with Gasteiger partial charge in [-0.05, 0) is 43.2 Å². The van der Waals surface area contributed by atoms with E-state index in [1.807, 2.05) is 46.6 Å². The van der Waals surface area contributed by atoms with Gasteiger partial charge in [-0.3, -0.25) is 4.79 Å². The van der Waals surface area contributed by atoms with Gasteiger partial charge in [0.05, 0.1) is 12.0 Å². The first-order chi connectivity index (χ1) is 17.1. The molecular weight excluding hydrogens is 456 g/mol. The molecule has 2 aliphatic rings. The van der Waals surface area contributed by atoms with Crippen LogP contribution in [0, 0.1) is 0 Å². The van der Waals surface area contributed by atoms with Gasteiger partial charge in [0.2, 0.25) is 5.91 Å². The SMILES string of the molecule is CC[C@H](C)c1nc(N2CCN(C(=O)COCc3ccccc3)CC2)c2c3c(sc2n1)CCCCC3. The van der Waals surface area contributed by atoms with Crippen molar-refractivity contribution in [1.82, 2.24) is 14.9 Å². The molecule has 0 N–H and O–H groups in total. The Morgan fingerprint density at radius 2 is 1.83 bits per heavy atom. The predicted octanol–water partition coefficient (Wildman–Crippen LogP) is 5.34. The molecule has 5 rings (SSSR count). The summed E-state index contributed by atoms with van der Waals surface area (Å²) in [5, 5.41) is 1.28. The molecule has 186 valence electrons. The number of carbonyl (C=O) groups is 1. The number of thiophene rings is 1. The number of benzene rings is 1. The fourth-order valence-electron chi connectivity index (χ4n) is 5.05. The second-order valence-electron chi connectivity index (χ2n) is 9.81. The highest BCUT2D eigenvalue weighted by Crippen LogP contribution is 2.40. The lowest BCUT2D eigenvalue weighted by molar-refractivity contribution is -0.136. The first-order valence-corrected chi connectivity index (χ1v) is 13.9. The molecule has 3 heterocycles. The fourth-order valence-corrected chi connectivity index (χ4v) is 6.32. The summed E-state index contributed by atoms with van der Waals surface area (Å²) in [6.07, 6.45) is 7.15. The van der Waals surface area contributed by atoms with Gasteiger partial charge >= 0.3 is 0 Å². The summed E-state index contributed by atoms with van der Waals surface area (Å²) in [6, 6.07) is 10.00. The average molecular weight is 493 g/mol. The fraction of sp³-hybridized carbons (Fsp3) is 0.536. The number of carbonyl (C=O) groups excluding carboxylic acids is 1. The minimum Gasteiger partial charge on any atom is -0.367 e. The van der Waals surface area contributed by atoms with Crippen LogP contribution in [-0.4, -0.2) is 53.6 Å². The lowest BCUT2D eigenvalue weighted by Crippen LogP contribution is -2.50. The highest BCUT2D eigenvalue weighted by molar-refractivity contribution is 7.19. The van der Waals surface area contributed by atoms with Crippen LogP contribution in [0.2, 0.25) is 0 Å². The van der Waals surface area contributed by atoms with Crippen LogP contribution in [0.4, 0.5) is 5.82 Å². The van der Waals surface area contributed by atoms with Crippen LogP contribution in [-0.2, 0) is 29.0 Å². The molecule has 0 unspecified atom stereocenters. The minimum absolute atomic E-state index is 0.0677. The van der Waals surface area contributed by atoms with Gasteiger partial charge in [0.1, 0.15) is 23.1 Å². The predicted molar refractivity (Wildman–Crippen MR) is 142 cm³/mol. The van der Waals surface area contributed by atoms with E-state index in [9.17, 15) is 4.79 Å². The van der Waals surface area contributed by atoms with E-state index in [4.69, 9.17) is 14.7 Å². The lowest BCUT2D eigenvalue weighted by Gasteiger charge is -2.36. The van der Waals surface area contributed by atoms with Crippen molar-refractivity contribution in [3.05, 3.63) is 52.2 Å². The Bertz CT molecular complexity index is 1150. The Labute approximate surface area is 212 Å². The van der Waals surface area contributed by atoms with Crippen molar-refractivity contribution in [2.75, 3.05) is 37.7 Å². The van der Waals surface area contributed by atoms with E-state index < -0.39 is 0 Å². The molecule has 0 saturated carbocycles. The zero-order valence-corrected chi connectivity index (χ0v) is 21.8. The highest BCUT2D eigenvalue weighted by atomic mass is 32.1. The second kappa shape index (κ2) is 11.0. The normalized spacial score (nSPS) is 17.3. The maximum absolute atomic E-state index is 12.8. The maximum atomic E-state index is 12.8. The number of nitrogens with zero attached hydrogens (tertiary/aromatic N) is 4. The van der Waals surface area contributed by atoms with Gasteiger partial charge in [0, 0.05) is 37.0 Å². The first-order valence-electron chi connectivity index (χ1n) is 13.1. The molecule has 1 atom stereocenters. The molecule has 0 bridgehead atoms. The van der Waals surface area contributed by atoms with E-state index in [1.165, 1.54) is 41.5 Å². The number of fused-ring (bicyclic) bond motifs is 3. The van der Waals surface area contributed by atoms with Gasteiger partial charge in [-0.1, -0.05) is 50.6 Å². The van der Waals surface area contributed by atoms with Gasteiger partial charge in [-0.15, -0.1) is 11.3 Å². The summed E-state index contributed by atoms with van der Waals surface area (Å²) in [4.78, 5) is 30.0. The van der Waals surface area contributed by atoms with E-state index in [1.54, 1.807) is 0 Å². The van der Waals surface area contributed by atoms with E-state index in [0.29, 0.717) is 25.6 Å². The average Bonchev–Trinajstić information content (AvgIpc) is 3.09. The van der Waals surface area contributed by atoms with Gasteiger partial charge in [-0.2, -0.15) is 0 Å². The number of rotatable bonds is 7. The quantitative estimate of drug-likeness (QED) is 0.417. The van der Waals surface area contributed by atoms with Crippen molar-refractivity contribution in [1.29, 1.82) is 0 Å². The van der Waals surface area contributed by atoms with Crippen molar-refractivity contribution in [3.8, 4) is 0 Å². The molecule has 1 amide bonds. The molecule has 3 aromatic rings. The van der Waals surface area contributed by atoms with Crippen molar-refractivity contribution < 1.29 is 9.53 Å². The van der Waals surface area contributed by atoms with Gasteiger partial charge in [0.25, 0.3) is 0 Å². The summed E-state index contributed by atoms with van der Waals surface area (Å²) >= 11 is 1.89. The summed E-state index contributed by atoms with van der Waals surface area (Å²) in [6.45, 7) is 7.99. The molecule has 1 aliphatic heterocycles. The molecule has 35 heavy (non-hydrogen) atoms. The monoisotopic (exact) mass is 492 g/mol. The molecule has 1 fully saturated rings. The van der Waals surface area contributed by atoms with Crippen LogP contribution in [0.15, 0.2) is 30.3 Å². The number of anilines is 1. The Morgan fingerprint density at radius 3 is 2.60 bits per heavy atom. The molecular formula is C28H36N4O2S. The Balaban J connectivity index is 1.30. The number of ether oxygens (including phenoxy) is 1. The van der Waals surface area contributed by atoms with Gasteiger partial charge < -0.3 is 14.5 Å². The van der Waals surface area contributed by atoms with Crippen LogP contribution in [0.1, 0.15) is 67.3 Å². The van der Waals surface area contributed by atoms with Crippen LogP contribution in [0.3, 0.4) is 0 Å². The number of hydrogen-bond acceptors (Lipinski definition) is 6. The zero-order chi connectivity index (χ0) is 24.2. The zero-order valence-electron chi connectivity index (χ0n) is 21.0. The third-order valence-corrected chi connectivity index (χ3v) is 8.57. The highest BCUT2D eigenvalue weighted by Gasteiger charge is 2.27. The smallest absolute Gasteiger partial charge is 0.248 e. The number of amides is 1. The Morgan fingerprint density at radius 1 is 1.06 bits per heavy atom. The van der Waals surface area contributed by atoms with E-state index in [2.05, 4.69) is 18.7 Å². The van der Waals surface area contributed by atoms with Crippen LogP contribution in [0.5, 0.6) is 0 Å². The molecule has 1 aromatic carbocycles. The number of aromatic nitrogens is 2. The van der Waals surface area contributed by atoms with Crippen LogP contribution in [0.25, 0.3) is 10.2 Å². The van der Waals surface area contributed by atoms with Crippen LogP contribution < -0.4 is 4.90 Å². The number of hydrogen-bond donors (Lipinski definition) is 0. The van der Waals surface area contributed by atoms with Crippen molar-refractivity contribution in [3.63, 3.8) is 0 Å². The minimum atomic E-state index is 0.0677. The second-order valence-corrected chi connectivity index (χ2v) is 10.9. The Hall–Kier alpha value is -2.51. The number of piperazine rings is 1. The van der Waals surface area contributed by atoms with Gasteiger partial charge in [0.15, 0.2) is 0 Å². The van der Waals surface area contributed by atoms with Crippen molar-refractivity contribution >= 4 is 33.3 Å². The van der Waals surface area contributed by atoms with Crippen molar-refractivity contribution in [2.45, 2.75) is 64.9 Å². The molecule has 1 saturated heterocycles. The third-order valence-electron chi connectivity index (χ3n) is 7.39.